The Morgan fingerprint density at radius 1 is 1.27 bits per heavy atom. The van der Waals surface area contributed by atoms with Gasteiger partial charge in [-0.05, 0) is 24.5 Å². The van der Waals surface area contributed by atoms with Crippen LogP contribution in [0.25, 0.3) is 0 Å². The van der Waals surface area contributed by atoms with Crippen LogP contribution in [0, 0.1) is 0 Å². The van der Waals surface area contributed by atoms with Gasteiger partial charge in [0.05, 0.1) is 5.69 Å². The molecule has 2 rings (SSSR count). The Hall–Kier alpha value is -1.84. The lowest BCUT2D eigenvalue weighted by Gasteiger charge is -2.18. The van der Waals surface area contributed by atoms with Crippen molar-refractivity contribution in [1.82, 2.24) is 0 Å². The molecule has 78 valence electrons. The number of carbonyl (C=O) groups is 2. The molecule has 0 radical (unpaired) electrons. The molecular formula is C11H12N2O2. The zero-order valence-corrected chi connectivity index (χ0v) is 8.27. The Kier molecular flexibility index (Phi) is 2.41. The molecule has 15 heavy (non-hydrogen) atoms. The lowest BCUT2D eigenvalue weighted by molar-refractivity contribution is -0.117. The Morgan fingerprint density at radius 2 is 2.00 bits per heavy atom. The van der Waals surface area contributed by atoms with Gasteiger partial charge in [-0.3, -0.25) is 4.79 Å². The van der Waals surface area contributed by atoms with E-state index in [1.807, 2.05) is 12.1 Å². The third-order valence-electron chi connectivity index (χ3n) is 2.54. The van der Waals surface area contributed by atoms with Crippen molar-refractivity contribution < 1.29 is 9.59 Å². The Bertz CT molecular complexity index is 415. The Morgan fingerprint density at radius 3 is 2.73 bits per heavy atom. The van der Waals surface area contributed by atoms with Crippen LogP contribution in [0.3, 0.4) is 0 Å². The van der Waals surface area contributed by atoms with Gasteiger partial charge in [0.1, 0.15) is 0 Å². The van der Waals surface area contributed by atoms with Crippen LogP contribution in [-0.2, 0) is 11.2 Å². The van der Waals surface area contributed by atoms with Crippen LogP contribution in [-0.4, -0.2) is 11.9 Å². The highest BCUT2D eigenvalue weighted by molar-refractivity contribution is 6.14. The fraction of sp³-hybridized carbons (Fsp3) is 0.273. The molecule has 1 heterocycles. The van der Waals surface area contributed by atoms with E-state index in [1.54, 1.807) is 12.1 Å². The van der Waals surface area contributed by atoms with Crippen molar-refractivity contribution in [1.29, 1.82) is 0 Å². The van der Waals surface area contributed by atoms with Crippen molar-refractivity contribution in [2.75, 3.05) is 4.90 Å². The molecule has 3 amide bonds. The van der Waals surface area contributed by atoms with Crippen molar-refractivity contribution in [3.63, 3.8) is 0 Å². The smallest absolute Gasteiger partial charge is 0.326 e. The molecule has 0 saturated heterocycles. The molecule has 0 atom stereocenters. The highest BCUT2D eigenvalue weighted by Gasteiger charge is 2.25. The molecule has 4 nitrogen and oxygen atoms in total. The first kappa shape index (κ1) is 9.71. The second kappa shape index (κ2) is 3.73. The predicted octanol–water partition coefficient (Wildman–Crippen LogP) is 1.43. The number of imide groups is 1. The summed E-state index contributed by atoms with van der Waals surface area (Å²) < 4.78 is 0. The van der Waals surface area contributed by atoms with E-state index < -0.39 is 6.03 Å². The molecule has 0 aromatic heterocycles. The van der Waals surface area contributed by atoms with Crippen molar-refractivity contribution in [2.45, 2.75) is 19.3 Å². The lowest BCUT2D eigenvalue weighted by atomic mass is 10.1. The Balaban J connectivity index is 2.52. The number of hydrogen-bond acceptors (Lipinski definition) is 2. The van der Waals surface area contributed by atoms with E-state index in [4.69, 9.17) is 5.73 Å². The largest absolute Gasteiger partial charge is 0.351 e. The van der Waals surface area contributed by atoms with Crippen LogP contribution < -0.4 is 10.6 Å². The third kappa shape index (κ3) is 1.70. The molecule has 0 fully saturated rings. The number of aryl methyl sites for hydroxylation is 1. The molecule has 0 aliphatic carbocycles. The van der Waals surface area contributed by atoms with Crippen molar-refractivity contribution in [3.05, 3.63) is 29.8 Å². The lowest BCUT2D eigenvalue weighted by Crippen LogP contribution is -2.40. The standard InChI is InChI=1S/C11H12N2O2/c12-11(15)13-9-6-2-1-4-8(9)5-3-7-10(13)14/h1-2,4,6H,3,5,7H2,(H2,12,15). The molecule has 4 heteroatoms. The first-order chi connectivity index (χ1) is 7.20. The normalized spacial score (nSPS) is 15.7. The average molecular weight is 204 g/mol. The summed E-state index contributed by atoms with van der Waals surface area (Å²) in [5, 5.41) is 0. The molecule has 1 aromatic rings. The van der Waals surface area contributed by atoms with Crippen LogP contribution in [0.4, 0.5) is 10.5 Å². The number of nitrogens with two attached hydrogens (primary N) is 1. The SMILES string of the molecule is NC(=O)N1C(=O)CCCc2ccccc21. The number of amides is 3. The number of anilines is 1. The Labute approximate surface area is 87.7 Å². The zero-order valence-electron chi connectivity index (χ0n) is 8.27. The quantitative estimate of drug-likeness (QED) is 0.694. The second-order valence-electron chi connectivity index (χ2n) is 3.55. The van der Waals surface area contributed by atoms with E-state index in [1.165, 1.54) is 0 Å². The molecule has 1 aromatic carbocycles. The number of benzene rings is 1. The molecule has 2 N–H and O–H groups in total. The van der Waals surface area contributed by atoms with E-state index in [0.717, 1.165) is 23.3 Å². The maximum Gasteiger partial charge on any atom is 0.326 e. The third-order valence-corrected chi connectivity index (χ3v) is 2.54. The molecule has 1 aliphatic rings. The molecule has 0 unspecified atom stereocenters. The van der Waals surface area contributed by atoms with Crippen molar-refractivity contribution in [2.24, 2.45) is 5.73 Å². The van der Waals surface area contributed by atoms with E-state index in [-0.39, 0.29) is 5.91 Å². The van der Waals surface area contributed by atoms with Gasteiger partial charge < -0.3 is 5.73 Å². The summed E-state index contributed by atoms with van der Waals surface area (Å²) in [5.41, 5.74) is 6.84. The van der Waals surface area contributed by atoms with Gasteiger partial charge in [-0.1, -0.05) is 18.2 Å². The van der Waals surface area contributed by atoms with Gasteiger partial charge in [-0.15, -0.1) is 0 Å². The van der Waals surface area contributed by atoms with E-state index in [9.17, 15) is 9.59 Å². The summed E-state index contributed by atoms with van der Waals surface area (Å²) >= 11 is 0. The minimum Gasteiger partial charge on any atom is -0.351 e. The molecule has 0 saturated carbocycles. The topological polar surface area (TPSA) is 63.4 Å². The van der Waals surface area contributed by atoms with Crippen LogP contribution in [0.5, 0.6) is 0 Å². The van der Waals surface area contributed by atoms with Crippen LogP contribution in [0.2, 0.25) is 0 Å². The highest BCUT2D eigenvalue weighted by Crippen LogP contribution is 2.26. The number of urea groups is 1. The summed E-state index contributed by atoms with van der Waals surface area (Å²) in [4.78, 5) is 23.9. The van der Waals surface area contributed by atoms with Crippen molar-refractivity contribution >= 4 is 17.6 Å². The van der Waals surface area contributed by atoms with Crippen LogP contribution in [0.15, 0.2) is 24.3 Å². The highest BCUT2D eigenvalue weighted by atomic mass is 16.2. The van der Waals surface area contributed by atoms with Crippen LogP contribution in [0.1, 0.15) is 18.4 Å². The van der Waals surface area contributed by atoms with Gasteiger partial charge in [0.25, 0.3) is 0 Å². The summed E-state index contributed by atoms with van der Waals surface area (Å²) in [5.74, 6) is -0.215. The molecule has 0 bridgehead atoms. The summed E-state index contributed by atoms with van der Waals surface area (Å²) in [6.07, 6.45) is 1.95. The van der Waals surface area contributed by atoms with Crippen molar-refractivity contribution in [3.8, 4) is 0 Å². The number of primary amides is 1. The van der Waals surface area contributed by atoms with Gasteiger partial charge in [0.15, 0.2) is 0 Å². The van der Waals surface area contributed by atoms with E-state index in [0.29, 0.717) is 12.1 Å². The monoisotopic (exact) mass is 204 g/mol. The second-order valence-corrected chi connectivity index (χ2v) is 3.55. The average Bonchev–Trinajstić information content (AvgIpc) is 2.35. The van der Waals surface area contributed by atoms with Gasteiger partial charge in [0.2, 0.25) is 5.91 Å². The van der Waals surface area contributed by atoms with E-state index in [2.05, 4.69) is 0 Å². The zero-order chi connectivity index (χ0) is 10.8. The maximum atomic E-state index is 11.6. The molecular weight excluding hydrogens is 192 g/mol. The fourth-order valence-corrected chi connectivity index (χ4v) is 1.86. The number of hydrogen-bond donors (Lipinski definition) is 1. The number of fused-ring (bicyclic) bond motifs is 1. The summed E-state index contributed by atoms with van der Waals surface area (Å²) in [7, 11) is 0. The number of nitrogens with zero attached hydrogens (tertiary/aromatic N) is 1. The van der Waals surface area contributed by atoms with Gasteiger partial charge in [-0.25, -0.2) is 9.69 Å². The summed E-state index contributed by atoms with van der Waals surface area (Å²) in [6.45, 7) is 0. The fourth-order valence-electron chi connectivity index (χ4n) is 1.86. The van der Waals surface area contributed by atoms with Gasteiger partial charge in [-0.2, -0.15) is 0 Å². The minimum atomic E-state index is -0.700. The van der Waals surface area contributed by atoms with E-state index >= 15 is 0 Å². The summed E-state index contributed by atoms with van der Waals surface area (Å²) in [6, 6.07) is 6.67. The molecule has 1 aliphatic heterocycles. The number of para-hydroxylation sites is 1. The predicted molar refractivity (Wildman–Crippen MR) is 56.4 cm³/mol. The first-order valence-corrected chi connectivity index (χ1v) is 4.90. The maximum absolute atomic E-state index is 11.6. The molecule has 0 spiro atoms. The minimum absolute atomic E-state index is 0.215. The van der Waals surface area contributed by atoms with Gasteiger partial charge >= 0.3 is 6.03 Å². The van der Waals surface area contributed by atoms with Gasteiger partial charge in [0, 0.05) is 6.42 Å². The first-order valence-electron chi connectivity index (χ1n) is 4.90. The van der Waals surface area contributed by atoms with Crippen LogP contribution >= 0.6 is 0 Å². The number of carbonyl (C=O) groups excluding carboxylic acids is 2. The number of rotatable bonds is 0.